The maximum atomic E-state index is 12.1. The van der Waals surface area contributed by atoms with Gasteiger partial charge in [0.2, 0.25) is 5.91 Å². The standard InChI is InChI=1S/C12H21N3O5/c1-12(2)10(18)13-4-5-15(12)11(19)14-7-8(20-3)6-9(16)17/h8H,4-7H2,1-3H3,(H,13,18)(H,14,19)(H,16,17). The Bertz CT molecular complexity index is 397. The first-order valence-corrected chi connectivity index (χ1v) is 6.37. The molecule has 1 aliphatic heterocycles. The van der Waals surface area contributed by atoms with Crippen LogP contribution in [0.2, 0.25) is 0 Å². The molecule has 1 saturated heterocycles. The normalized spacial score (nSPS) is 19.1. The molecule has 0 aromatic carbocycles. The summed E-state index contributed by atoms with van der Waals surface area (Å²) in [6.07, 6.45) is -0.793. The van der Waals surface area contributed by atoms with Crippen molar-refractivity contribution in [1.82, 2.24) is 15.5 Å². The van der Waals surface area contributed by atoms with Gasteiger partial charge in [-0.15, -0.1) is 0 Å². The van der Waals surface area contributed by atoms with E-state index in [1.54, 1.807) is 13.8 Å². The lowest BCUT2D eigenvalue weighted by molar-refractivity contribution is -0.139. The summed E-state index contributed by atoms with van der Waals surface area (Å²) in [4.78, 5) is 35.9. The Morgan fingerprint density at radius 3 is 2.75 bits per heavy atom. The number of hydrogen-bond acceptors (Lipinski definition) is 4. The summed E-state index contributed by atoms with van der Waals surface area (Å²) in [6.45, 7) is 4.20. The molecule has 1 heterocycles. The van der Waals surface area contributed by atoms with Crippen LogP contribution in [0.15, 0.2) is 0 Å². The van der Waals surface area contributed by atoms with Crippen molar-refractivity contribution in [3.05, 3.63) is 0 Å². The van der Waals surface area contributed by atoms with E-state index in [9.17, 15) is 14.4 Å². The first kappa shape index (κ1) is 16.2. The lowest BCUT2D eigenvalue weighted by atomic mass is 9.99. The zero-order valence-electron chi connectivity index (χ0n) is 11.9. The minimum atomic E-state index is -0.997. The molecule has 0 spiro atoms. The predicted molar refractivity (Wildman–Crippen MR) is 70.2 cm³/mol. The van der Waals surface area contributed by atoms with Crippen LogP contribution >= 0.6 is 0 Å². The van der Waals surface area contributed by atoms with Gasteiger partial charge in [-0.05, 0) is 13.8 Å². The number of urea groups is 1. The van der Waals surface area contributed by atoms with Gasteiger partial charge in [0, 0.05) is 26.7 Å². The Hall–Kier alpha value is -1.83. The Kier molecular flexibility index (Phi) is 5.32. The zero-order chi connectivity index (χ0) is 15.3. The van der Waals surface area contributed by atoms with Gasteiger partial charge in [0.15, 0.2) is 0 Å². The van der Waals surface area contributed by atoms with Gasteiger partial charge in [-0.2, -0.15) is 0 Å². The van der Waals surface area contributed by atoms with Crippen molar-refractivity contribution in [3.8, 4) is 0 Å². The van der Waals surface area contributed by atoms with Gasteiger partial charge in [0.25, 0.3) is 0 Å². The molecule has 0 bridgehead atoms. The predicted octanol–water partition coefficient (Wildman–Crippen LogP) is -0.604. The van der Waals surface area contributed by atoms with E-state index in [4.69, 9.17) is 9.84 Å². The molecule has 0 aromatic heterocycles. The first-order chi connectivity index (χ1) is 9.28. The third-order valence-corrected chi connectivity index (χ3v) is 3.31. The quantitative estimate of drug-likeness (QED) is 0.625. The zero-order valence-corrected chi connectivity index (χ0v) is 11.9. The monoisotopic (exact) mass is 287 g/mol. The fourth-order valence-corrected chi connectivity index (χ4v) is 1.99. The molecule has 114 valence electrons. The minimum absolute atomic E-state index is 0.0792. The second-order valence-corrected chi connectivity index (χ2v) is 5.11. The first-order valence-electron chi connectivity index (χ1n) is 6.37. The van der Waals surface area contributed by atoms with Crippen LogP contribution in [0.25, 0.3) is 0 Å². The number of nitrogens with zero attached hydrogens (tertiary/aromatic N) is 1. The number of piperazine rings is 1. The number of rotatable bonds is 5. The van der Waals surface area contributed by atoms with Gasteiger partial charge < -0.3 is 25.4 Å². The third-order valence-electron chi connectivity index (χ3n) is 3.31. The molecule has 1 unspecified atom stereocenters. The number of aliphatic carboxylic acids is 1. The van der Waals surface area contributed by atoms with E-state index in [-0.39, 0.29) is 18.9 Å². The second kappa shape index (κ2) is 6.56. The lowest BCUT2D eigenvalue weighted by Gasteiger charge is -2.41. The van der Waals surface area contributed by atoms with E-state index >= 15 is 0 Å². The summed E-state index contributed by atoms with van der Waals surface area (Å²) in [7, 11) is 1.39. The summed E-state index contributed by atoms with van der Waals surface area (Å²) in [6, 6.07) is -0.405. The Labute approximate surface area is 117 Å². The number of carboxylic acids is 1. The molecule has 1 aliphatic rings. The molecule has 0 aliphatic carbocycles. The molecule has 0 saturated carbocycles. The average Bonchev–Trinajstić information content (AvgIpc) is 2.36. The highest BCUT2D eigenvalue weighted by atomic mass is 16.5. The molecular formula is C12H21N3O5. The van der Waals surface area contributed by atoms with Crippen molar-refractivity contribution in [3.63, 3.8) is 0 Å². The van der Waals surface area contributed by atoms with Crippen LogP contribution in [0.4, 0.5) is 4.79 Å². The summed E-state index contributed by atoms with van der Waals surface area (Å²) in [5, 5.41) is 14.0. The lowest BCUT2D eigenvalue weighted by Crippen LogP contribution is -2.65. The number of ether oxygens (including phenoxy) is 1. The van der Waals surface area contributed by atoms with Crippen molar-refractivity contribution in [2.75, 3.05) is 26.7 Å². The van der Waals surface area contributed by atoms with Crippen molar-refractivity contribution in [2.24, 2.45) is 0 Å². The molecule has 1 atom stereocenters. The molecule has 0 radical (unpaired) electrons. The van der Waals surface area contributed by atoms with E-state index in [1.165, 1.54) is 12.0 Å². The number of carboxylic acid groups (broad SMARTS) is 1. The largest absolute Gasteiger partial charge is 0.481 e. The Morgan fingerprint density at radius 2 is 2.20 bits per heavy atom. The molecule has 0 aromatic rings. The molecule has 1 fully saturated rings. The Morgan fingerprint density at radius 1 is 1.55 bits per heavy atom. The van der Waals surface area contributed by atoms with Crippen LogP contribution in [-0.2, 0) is 14.3 Å². The van der Waals surface area contributed by atoms with E-state index in [0.717, 1.165) is 0 Å². The highest BCUT2D eigenvalue weighted by Gasteiger charge is 2.40. The summed E-state index contributed by atoms with van der Waals surface area (Å²) < 4.78 is 4.98. The maximum absolute atomic E-state index is 12.1. The fourth-order valence-electron chi connectivity index (χ4n) is 1.99. The van der Waals surface area contributed by atoms with Crippen molar-refractivity contribution in [2.45, 2.75) is 31.9 Å². The average molecular weight is 287 g/mol. The van der Waals surface area contributed by atoms with E-state index in [1.807, 2.05) is 0 Å². The number of carbonyl (C=O) groups excluding carboxylic acids is 2. The van der Waals surface area contributed by atoms with E-state index in [0.29, 0.717) is 13.1 Å². The molecule has 20 heavy (non-hydrogen) atoms. The Balaban J connectivity index is 2.57. The molecule has 3 amide bonds. The van der Waals surface area contributed by atoms with Crippen molar-refractivity contribution < 1.29 is 24.2 Å². The number of nitrogens with one attached hydrogen (secondary N) is 2. The topological polar surface area (TPSA) is 108 Å². The van der Waals surface area contributed by atoms with Gasteiger partial charge in [0.05, 0.1) is 12.5 Å². The maximum Gasteiger partial charge on any atom is 0.318 e. The molecule has 3 N–H and O–H groups in total. The van der Waals surface area contributed by atoms with E-state index in [2.05, 4.69) is 10.6 Å². The summed E-state index contributed by atoms with van der Waals surface area (Å²) in [5.41, 5.74) is -0.933. The minimum Gasteiger partial charge on any atom is -0.481 e. The number of carbonyl (C=O) groups is 3. The van der Waals surface area contributed by atoms with Crippen LogP contribution in [0.3, 0.4) is 0 Å². The third kappa shape index (κ3) is 3.83. The highest BCUT2D eigenvalue weighted by molar-refractivity contribution is 5.91. The van der Waals surface area contributed by atoms with Crippen LogP contribution in [0, 0.1) is 0 Å². The molecule has 1 rings (SSSR count). The van der Waals surface area contributed by atoms with Gasteiger partial charge in [-0.1, -0.05) is 0 Å². The van der Waals surface area contributed by atoms with Crippen molar-refractivity contribution >= 4 is 17.9 Å². The van der Waals surface area contributed by atoms with Crippen LogP contribution < -0.4 is 10.6 Å². The molecular weight excluding hydrogens is 266 g/mol. The number of methoxy groups -OCH3 is 1. The summed E-state index contributed by atoms with van der Waals surface area (Å²) in [5.74, 6) is -1.21. The number of hydrogen-bond donors (Lipinski definition) is 3. The SMILES string of the molecule is COC(CNC(=O)N1CCNC(=O)C1(C)C)CC(=O)O. The molecule has 8 heteroatoms. The second-order valence-electron chi connectivity index (χ2n) is 5.11. The van der Waals surface area contributed by atoms with Crippen LogP contribution in [0.5, 0.6) is 0 Å². The van der Waals surface area contributed by atoms with Crippen molar-refractivity contribution in [1.29, 1.82) is 0 Å². The fraction of sp³-hybridized carbons (Fsp3) is 0.750. The molecule has 8 nitrogen and oxygen atoms in total. The van der Waals surface area contributed by atoms with Crippen LogP contribution in [-0.4, -0.2) is 66.3 Å². The van der Waals surface area contributed by atoms with Crippen LogP contribution in [0.1, 0.15) is 20.3 Å². The van der Waals surface area contributed by atoms with Gasteiger partial charge in [-0.3, -0.25) is 9.59 Å². The summed E-state index contributed by atoms with van der Waals surface area (Å²) >= 11 is 0. The van der Waals surface area contributed by atoms with Gasteiger partial charge >= 0.3 is 12.0 Å². The highest BCUT2D eigenvalue weighted by Crippen LogP contribution is 2.17. The smallest absolute Gasteiger partial charge is 0.318 e. The van der Waals surface area contributed by atoms with E-state index < -0.39 is 23.6 Å². The van der Waals surface area contributed by atoms with Gasteiger partial charge in [0.1, 0.15) is 5.54 Å². The number of amides is 3. The van der Waals surface area contributed by atoms with Gasteiger partial charge in [-0.25, -0.2) is 4.79 Å².